The summed E-state index contributed by atoms with van der Waals surface area (Å²) in [5.41, 5.74) is 1.22. The summed E-state index contributed by atoms with van der Waals surface area (Å²) < 4.78 is 23.4. The summed E-state index contributed by atoms with van der Waals surface area (Å²) in [6.07, 6.45) is 3.97. The van der Waals surface area contributed by atoms with Gasteiger partial charge in [-0.25, -0.2) is 14.6 Å². The standard InChI is InChI=1S/C22H23N3O6S/c1-14-13-15-21(25-11-9-24(2)10-12-25)23-16-5-4-6-17(28-3)20(16)29-22(15)32(14)30-18(26)7-8-19(27)31-32/h4-8,13H,9-12H2,1-3H3. The van der Waals surface area contributed by atoms with E-state index in [2.05, 4.69) is 16.8 Å². The molecule has 0 unspecified atom stereocenters. The molecule has 4 heterocycles. The molecule has 9 nitrogen and oxygen atoms in total. The van der Waals surface area contributed by atoms with E-state index in [0.29, 0.717) is 33.5 Å². The number of fused-ring (bicyclic) bond motifs is 2. The lowest BCUT2D eigenvalue weighted by Gasteiger charge is -2.39. The number of hydrogen-bond donors (Lipinski definition) is 0. The van der Waals surface area contributed by atoms with Gasteiger partial charge in [0.05, 0.1) is 17.6 Å². The van der Waals surface area contributed by atoms with Gasteiger partial charge in [-0.1, -0.05) is 6.07 Å². The molecule has 5 rings (SSSR count). The fraction of sp³-hybridized carbons (Fsp3) is 0.318. The molecule has 0 amide bonds. The van der Waals surface area contributed by atoms with Crippen LogP contribution in [0.5, 0.6) is 11.5 Å². The molecule has 0 bridgehead atoms. The highest BCUT2D eigenvalue weighted by Gasteiger charge is 2.47. The summed E-state index contributed by atoms with van der Waals surface area (Å²) >= 11 is 0. The number of methoxy groups -OCH3 is 1. The lowest BCUT2D eigenvalue weighted by atomic mass is 10.2. The van der Waals surface area contributed by atoms with Crippen LogP contribution in [0.15, 0.2) is 57.0 Å². The molecule has 0 saturated carbocycles. The molecule has 4 aliphatic rings. The monoisotopic (exact) mass is 457 g/mol. The van der Waals surface area contributed by atoms with Crippen molar-refractivity contribution in [2.45, 2.75) is 6.92 Å². The summed E-state index contributed by atoms with van der Waals surface area (Å²) in [5, 5.41) is 0.265. The molecular formula is C22H23N3O6S. The number of allylic oxidation sites excluding steroid dienone is 1. The first-order valence-electron chi connectivity index (χ1n) is 10.2. The second kappa shape index (κ2) is 7.72. The second-order valence-corrected chi connectivity index (χ2v) is 10.1. The molecule has 1 aromatic rings. The van der Waals surface area contributed by atoms with E-state index >= 15 is 0 Å². The molecule has 32 heavy (non-hydrogen) atoms. The van der Waals surface area contributed by atoms with E-state index in [4.69, 9.17) is 22.8 Å². The van der Waals surface area contributed by atoms with Crippen LogP contribution in [0.4, 0.5) is 5.69 Å². The molecule has 10 heteroatoms. The van der Waals surface area contributed by atoms with Crippen LogP contribution in [-0.2, 0) is 18.0 Å². The van der Waals surface area contributed by atoms with Crippen LogP contribution >= 0.6 is 10.6 Å². The zero-order valence-corrected chi connectivity index (χ0v) is 18.8. The smallest absolute Gasteiger partial charge is 0.354 e. The van der Waals surface area contributed by atoms with Crippen molar-refractivity contribution in [3.63, 3.8) is 0 Å². The number of nitrogens with zero attached hydrogens (tertiary/aromatic N) is 3. The topological polar surface area (TPSA) is 89.9 Å². The number of carbonyl (C=O) groups excluding carboxylic acids is 2. The Balaban J connectivity index is 1.70. The van der Waals surface area contributed by atoms with Crippen LogP contribution in [0.2, 0.25) is 0 Å². The molecule has 1 spiro atoms. The van der Waals surface area contributed by atoms with E-state index in [-0.39, 0.29) is 5.09 Å². The van der Waals surface area contributed by atoms with Gasteiger partial charge in [0.15, 0.2) is 11.5 Å². The first-order chi connectivity index (χ1) is 15.4. The van der Waals surface area contributed by atoms with E-state index in [9.17, 15) is 9.59 Å². The fourth-order valence-electron chi connectivity index (χ4n) is 3.93. The summed E-state index contributed by atoms with van der Waals surface area (Å²) in [4.78, 5) is 34.7. The van der Waals surface area contributed by atoms with Gasteiger partial charge < -0.3 is 27.6 Å². The highest BCUT2D eigenvalue weighted by atomic mass is 32.3. The van der Waals surface area contributed by atoms with Crippen molar-refractivity contribution >= 4 is 34.1 Å². The number of benzene rings is 1. The van der Waals surface area contributed by atoms with E-state index in [1.54, 1.807) is 20.1 Å². The molecule has 0 aliphatic carbocycles. The van der Waals surface area contributed by atoms with Crippen molar-refractivity contribution in [3.05, 3.63) is 52.0 Å². The van der Waals surface area contributed by atoms with E-state index in [1.807, 2.05) is 18.2 Å². The number of para-hydroxylation sites is 1. The van der Waals surface area contributed by atoms with Crippen molar-refractivity contribution < 1.29 is 27.4 Å². The third-order valence-electron chi connectivity index (χ3n) is 5.63. The minimum Gasteiger partial charge on any atom is -0.493 e. The van der Waals surface area contributed by atoms with Crippen LogP contribution in [0, 0.1) is 0 Å². The third kappa shape index (κ3) is 3.26. The van der Waals surface area contributed by atoms with Crippen molar-refractivity contribution in [2.24, 2.45) is 4.99 Å². The Bertz CT molecular complexity index is 1110. The number of likely N-dealkylation sites (N-methyl/N-ethyl adjacent to an activating group) is 1. The van der Waals surface area contributed by atoms with Gasteiger partial charge in [0, 0.05) is 38.3 Å². The molecule has 0 atom stereocenters. The lowest BCUT2D eigenvalue weighted by molar-refractivity contribution is -0.129. The Hall–Kier alpha value is -3.24. The normalized spacial score (nSPS) is 23.2. The number of hydrogen-bond acceptors (Lipinski definition) is 9. The maximum atomic E-state index is 12.4. The molecule has 1 saturated heterocycles. The van der Waals surface area contributed by atoms with Gasteiger partial charge >= 0.3 is 11.9 Å². The summed E-state index contributed by atoms with van der Waals surface area (Å²) in [5.74, 6) is 0.206. The van der Waals surface area contributed by atoms with Crippen LogP contribution in [-0.4, -0.2) is 67.9 Å². The van der Waals surface area contributed by atoms with Crippen LogP contribution in [0.1, 0.15) is 6.92 Å². The predicted octanol–water partition coefficient (Wildman–Crippen LogP) is 2.78. The maximum Gasteiger partial charge on any atom is 0.354 e. The molecule has 0 radical (unpaired) electrons. The van der Waals surface area contributed by atoms with Crippen molar-refractivity contribution in [1.82, 2.24) is 9.80 Å². The molecule has 0 N–H and O–H groups in total. The average molecular weight is 458 g/mol. The Morgan fingerprint density at radius 1 is 1.06 bits per heavy atom. The summed E-state index contributed by atoms with van der Waals surface area (Å²) in [6, 6.07) is 5.43. The van der Waals surface area contributed by atoms with E-state index < -0.39 is 22.5 Å². The Kier molecular flexibility index (Phi) is 4.98. The van der Waals surface area contributed by atoms with E-state index in [0.717, 1.165) is 38.3 Å². The summed E-state index contributed by atoms with van der Waals surface area (Å²) in [7, 11) is 0.655. The number of rotatable bonds is 1. The number of amidine groups is 1. The highest BCUT2D eigenvalue weighted by Crippen LogP contribution is 2.70. The second-order valence-electron chi connectivity index (χ2n) is 7.73. The highest BCUT2D eigenvalue weighted by molar-refractivity contribution is 8.32. The number of piperazine rings is 1. The fourth-order valence-corrected chi connectivity index (χ4v) is 6.15. The molecule has 168 valence electrons. The molecule has 1 aromatic carbocycles. The zero-order valence-electron chi connectivity index (χ0n) is 18.0. The minimum atomic E-state index is -2.97. The van der Waals surface area contributed by atoms with Gasteiger partial charge in [-0.3, -0.25) is 0 Å². The third-order valence-corrected chi connectivity index (χ3v) is 8.19. The van der Waals surface area contributed by atoms with Gasteiger partial charge in [0.1, 0.15) is 11.5 Å². The Morgan fingerprint density at radius 2 is 1.75 bits per heavy atom. The summed E-state index contributed by atoms with van der Waals surface area (Å²) in [6.45, 7) is 5.05. The molecule has 0 aromatic heterocycles. The molecule has 4 aliphatic heterocycles. The van der Waals surface area contributed by atoms with Crippen LogP contribution in [0.3, 0.4) is 0 Å². The van der Waals surface area contributed by atoms with Crippen molar-refractivity contribution in [2.75, 3.05) is 40.3 Å². The van der Waals surface area contributed by atoms with Crippen LogP contribution < -0.4 is 9.47 Å². The Morgan fingerprint density at radius 3 is 2.41 bits per heavy atom. The largest absolute Gasteiger partial charge is 0.493 e. The number of ether oxygens (including phenoxy) is 2. The van der Waals surface area contributed by atoms with Crippen molar-refractivity contribution in [3.8, 4) is 11.5 Å². The number of carbonyl (C=O) groups is 2. The predicted molar refractivity (Wildman–Crippen MR) is 119 cm³/mol. The van der Waals surface area contributed by atoms with Gasteiger partial charge in [-0.15, -0.1) is 0 Å². The lowest BCUT2D eigenvalue weighted by Crippen LogP contribution is -2.47. The SMILES string of the molecule is COc1cccc2c1OC1=C(C=C(C)S13OC(=O)C=CC(=O)O3)C(N1CCN(C)CC1)=N2. The van der Waals surface area contributed by atoms with Gasteiger partial charge in [0.2, 0.25) is 5.09 Å². The first-order valence-corrected chi connectivity index (χ1v) is 11.7. The quantitative estimate of drug-likeness (QED) is 0.636. The van der Waals surface area contributed by atoms with Gasteiger partial charge in [0.25, 0.3) is 0 Å². The Labute approximate surface area is 187 Å². The average Bonchev–Trinajstić information content (AvgIpc) is 2.91. The van der Waals surface area contributed by atoms with Gasteiger partial charge in [-0.05, 0) is 42.8 Å². The van der Waals surface area contributed by atoms with Crippen molar-refractivity contribution in [1.29, 1.82) is 0 Å². The molecule has 1 fully saturated rings. The first kappa shape index (κ1) is 20.7. The minimum absolute atomic E-state index is 0.265. The van der Waals surface area contributed by atoms with Crippen LogP contribution in [0.25, 0.3) is 0 Å². The zero-order chi connectivity index (χ0) is 22.5. The maximum absolute atomic E-state index is 12.4. The van der Waals surface area contributed by atoms with Gasteiger partial charge in [-0.2, -0.15) is 0 Å². The number of aliphatic imine (C=N–C) groups is 1. The molecular weight excluding hydrogens is 434 g/mol. The van der Waals surface area contributed by atoms with E-state index in [1.165, 1.54) is 0 Å².